The maximum absolute atomic E-state index is 5.90. The number of rotatable bonds is 3. The maximum Gasteiger partial charge on any atom is 0.0537 e. The third-order valence-corrected chi connectivity index (χ3v) is 3.48. The second kappa shape index (κ2) is 4.97. The molecule has 16 heavy (non-hydrogen) atoms. The van der Waals surface area contributed by atoms with Crippen molar-refractivity contribution in [3.05, 3.63) is 18.0 Å². The van der Waals surface area contributed by atoms with Crippen molar-refractivity contribution in [2.75, 3.05) is 0 Å². The molecule has 0 spiro atoms. The van der Waals surface area contributed by atoms with E-state index in [9.17, 15) is 0 Å². The lowest BCUT2D eigenvalue weighted by Gasteiger charge is -2.29. The normalized spacial score (nSPS) is 27.9. The Labute approximate surface area is 97.2 Å². The predicted octanol–water partition coefficient (Wildman–Crippen LogP) is 1.34. The van der Waals surface area contributed by atoms with Crippen LogP contribution >= 0.6 is 0 Å². The first-order valence-corrected chi connectivity index (χ1v) is 6.15. The third-order valence-electron chi connectivity index (χ3n) is 3.48. The van der Waals surface area contributed by atoms with Crippen molar-refractivity contribution in [1.29, 1.82) is 0 Å². The Bertz CT molecular complexity index is 326. The van der Waals surface area contributed by atoms with Crippen molar-refractivity contribution >= 4 is 0 Å². The Balaban J connectivity index is 1.85. The van der Waals surface area contributed by atoms with E-state index >= 15 is 0 Å². The van der Waals surface area contributed by atoms with Crippen LogP contribution in [-0.2, 0) is 7.05 Å². The van der Waals surface area contributed by atoms with Crippen LogP contribution in [0.4, 0.5) is 0 Å². The van der Waals surface area contributed by atoms with Gasteiger partial charge in [-0.25, -0.2) is 0 Å². The highest BCUT2D eigenvalue weighted by Gasteiger charge is 2.20. The van der Waals surface area contributed by atoms with Gasteiger partial charge in [-0.2, -0.15) is 5.10 Å². The number of hydrogen-bond donors (Lipinski definition) is 2. The zero-order valence-corrected chi connectivity index (χ0v) is 10.2. The van der Waals surface area contributed by atoms with E-state index in [1.165, 1.54) is 18.4 Å². The predicted molar refractivity (Wildman–Crippen MR) is 65.0 cm³/mol. The molecule has 1 atom stereocenters. The maximum atomic E-state index is 5.90. The summed E-state index contributed by atoms with van der Waals surface area (Å²) in [5.41, 5.74) is 7.16. The summed E-state index contributed by atoms with van der Waals surface area (Å²) >= 11 is 0. The van der Waals surface area contributed by atoms with Gasteiger partial charge in [0.1, 0.15) is 0 Å². The number of nitrogens with zero attached hydrogens (tertiary/aromatic N) is 2. The second-order valence-corrected chi connectivity index (χ2v) is 4.95. The molecule has 0 saturated heterocycles. The summed E-state index contributed by atoms with van der Waals surface area (Å²) < 4.78 is 1.85. The van der Waals surface area contributed by atoms with Gasteiger partial charge < -0.3 is 11.1 Å². The van der Waals surface area contributed by atoms with Crippen LogP contribution < -0.4 is 11.1 Å². The average molecular weight is 222 g/mol. The summed E-state index contributed by atoms with van der Waals surface area (Å²) in [6, 6.07) is 1.43. The van der Waals surface area contributed by atoms with Gasteiger partial charge in [0.05, 0.1) is 6.20 Å². The monoisotopic (exact) mass is 222 g/mol. The molecule has 1 aromatic heterocycles. The van der Waals surface area contributed by atoms with E-state index in [0.717, 1.165) is 12.8 Å². The van der Waals surface area contributed by atoms with Gasteiger partial charge in [0, 0.05) is 36.9 Å². The van der Waals surface area contributed by atoms with Crippen LogP contribution in [0.1, 0.15) is 44.2 Å². The number of nitrogens with two attached hydrogens (primary N) is 1. The van der Waals surface area contributed by atoms with E-state index in [1.54, 1.807) is 0 Å². The fraction of sp³-hybridized carbons (Fsp3) is 0.750. The molecule has 1 aromatic rings. The highest BCUT2D eigenvalue weighted by molar-refractivity contribution is 5.09. The number of aromatic nitrogens is 2. The van der Waals surface area contributed by atoms with Gasteiger partial charge in [-0.05, 0) is 32.6 Å². The Hall–Kier alpha value is -0.870. The van der Waals surface area contributed by atoms with Crippen molar-refractivity contribution in [3.63, 3.8) is 0 Å². The topological polar surface area (TPSA) is 55.9 Å². The minimum atomic E-state index is 0.382. The summed E-state index contributed by atoms with van der Waals surface area (Å²) in [5.74, 6) is 0. The van der Waals surface area contributed by atoms with E-state index in [0.29, 0.717) is 18.1 Å². The fourth-order valence-electron chi connectivity index (χ4n) is 2.40. The molecule has 90 valence electrons. The van der Waals surface area contributed by atoms with Crippen LogP contribution in [0, 0.1) is 0 Å². The molecule has 1 aliphatic carbocycles. The molecular formula is C12H22N4. The van der Waals surface area contributed by atoms with Crippen LogP contribution in [0.5, 0.6) is 0 Å². The second-order valence-electron chi connectivity index (χ2n) is 4.95. The Morgan fingerprint density at radius 3 is 2.69 bits per heavy atom. The smallest absolute Gasteiger partial charge is 0.0537 e. The molecule has 1 unspecified atom stereocenters. The van der Waals surface area contributed by atoms with Gasteiger partial charge in [0.25, 0.3) is 0 Å². The highest BCUT2D eigenvalue weighted by atomic mass is 15.2. The van der Waals surface area contributed by atoms with Crippen LogP contribution in [0.15, 0.2) is 12.4 Å². The fourth-order valence-corrected chi connectivity index (χ4v) is 2.40. The largest absolute Gasteiger partial charge is 0.328 e. The van der Waals surface area contributed by atoms with Crippen LogP contribution in [0.2, 0.25) is 0 Å². The molecule has 0 aromatic carbocycles. The number of nitrogens with one attached hydrogen (secondary N) is 1. The molecule has 3 N–H and O–H groups in total. The van der Waals surface area contributed by atoms with Crippen molar-refractivity contribution < 1.29 is 0 Å². The van der Waals surface area contributed by atoms with E-state index in [1.807, 2.05) is 17.9 Å². The third kappa shape index (κ3) is 2.83. The first kappa shape index (κ1) is 11.6. The van der Waals surface area contributed by atoms with Crippen LogP contribution in [0.25, 0.3) is 0 Å². The van der Waals surface area contributed by atoms with Gasteiger partial charge >= 0.3 is 0 Å². The van der Waals surface area contributed by atoms with Crippen molar-refractivity contribution in [2.24, 2.45) is 12.8 Å². The molecule has 4 nitrogen and oxygen atoms in total. The molecule has 0 amide bonds. The summed E-state index contributed by atoms with van der Waals surface area (Å²) in [6.07, 6.45) is 8.71. The minimum absolute atomic E-state index is 0.382. The van der Waals surface area contributed by atoms with Crippen molar-refractivity contribution in [1.82, 2.24) is 15.1 Å². The molecule has 1 aliphatic rings. The van der Waals surface area contributed by atoms with Crippen molar-refractivity contribution in [2.45, 2.75) is 50.7 Å². The van der Waals surface area contributed by atoms with E-state index < -0.39 is 0 Å². The standard InChI is InChI=1S/C12H22N4/c1-9(10-7-14-16(2)8-10)15-12-5-3-11(13)4-6-12/h7-9,11-12,15H,3-6,13H2,1-2H3. The zero-order chi connectivity index (χ0) is 11.5. The van der Waals surface area contributed by atoms with Gasteiger partial charge in [0.15, 0.2) is 0 Å². The Morgan fingerprint density at radius 2 is 2.12 bits per heavy atom. The number of aryl methyl sites for hydroxylation is 1. The molecule has 4 heteroatoms. The lowest BCUT2D eigenvalue weighted by atomic mass is 9.91. The average Bonchev–Trinajstić information content (AvgIpc) is 2.68. The Kier molecular flexibility index (Phi) is 3.61. The van der Waals surface area contributed by atoms with Crippen LogP contribution in [-0.4, -0.2) is 21.9 Å². The molecule has 1 fully saturated rings. The molecule has 0 aliphatic heterocycles. The molecule has 0 radical (unpaired) electrons. The van der Waals surface area contributed by atoms with E-state index in [4.69, 9.17) is 5.73 Å². The SMILES string of the molecule is CC(NC1CCC(N)CC1)c1cnn(C)c1. The quantitative estimate of drug-likeness (QED) is 0.811. The van der Waals surface area contributed by atoms with E-state index in [2.05, 4.69) is 23.5 Å². The summed E-state index contributed by atoms with van der Waals surface area (Å²) in [4.78, 5) is 0. The molecule has 1 heterocycles. The van der Waals surface area contributed by atoms with E-state index in [-0.39, 0.29) is 0 Å². The molecule has 1 saturated carbocycles. The summed E-state index contributed by atoms with van der Waals surface area (Å²) in [7, 11) is 1.95. The van der Waals surface area contributed by atoms with Gasteiger partial charge in [-0.3, -0.25) is 4.68 Å². The molecular weight excluding hydrogens is 200 g/mol. The van der Waals surface area contributed by atoms with Gasteiger partial charge in [0.2, 0.25) is 0 Å². The zero-order valence-electron chi connectivity index (χ0n) is 10.2. The summed E-state index contributed by atoms with van der Waals surface area (Å²) in [5, 5.41) is 7.86. The highest BCUT2D eigenvalue weighted by Crippen LogP contribution is 2.20. The van der Waals surface area contributed by atoms with Crippen LogP contribution in [0.3, 0.4) is 0 Å². The first-order chi connectivity index (χ1) is 7.65. The molecule has 0 bridgehead atoms. The molecule has 2 rings (SSSR count). The van der Waals surface area contributed by atoms with Gasteiger partial charge in [-0.15, -0.1) is 0 Å². The van der Waals surface area contributed by atoms with Crippen molar-refractivity contribution in [3.8, 4) is 0 Å². The Morgan fingerprint density at radius 1 is 1.44 bits per heavy atom. The van der Waals surface area contributed by atoms with Gasteiger partial charge in [-0.1, -0.05) is 0 Å². The summed E-state index contributed by atoms with van der Waals surface area (Å²) in [6.45, 7) is 2.20. The minimum Gasteiger partial charge on any atom is -0.328 e. The first-order valence-electron chi connectivity index (χ1n) is 6.15. The number of hydrogen-bond acceptors (Lipinski definition) is 3. The lowest BCUT2D eigenvalue weighted by molar-refractivity contribution is 0.322. The lowest BCUT2D eigenvalue weighted by Crippen LogP contribution is -2.38.